The summed E-state index contributed by atoms with van der Waals surface area (Å²) in [5.41, 5.74) is 0.871. The van der Waals surface area contributed by atoms with Crippen LogP contribution in [-0.2, 0) is 13.0 Å². The van der Waals surface area contributed by atoms with Gasteiger partial charge in [0.05, 0.1) is 11.3 Å². The van der Waals surface area contributed by atoms with E-state index in [0.717, 1.165) is 5.56 Å². The number of hydrogen-bond acceptors (Lipinski definition) is 6. The van der Waals surface area contributed by atoms with Crippen molar-refractivity contribution in [2.45, 2.75) is 13.0 Å². The zero-order valence-electron chi connectivity index (χ0n) is 11.2. The summed E-state index contributed by atoms with van der Waals surface area (Å²) in [6.45, 7) is 0.177. The standard InChI is InChI=1S/C13H10ClN5O3/c14-10-3-1-2-9(4-10)5-12-16-17-13(22-12)8-18-7-11(6-15-18)19(20)21/h1-4,6-7H,5,8H2. The smallest absolute Gasteiger partial charge is 0.307 e. The third kappa shape index (κ3) is 3.29. The van der Waals surface area contributed by atoms with Crippen LogP contribution in [0.25, 0.3) is 0 Å². The molecule has 0 saturated carbocycles. The maximum Gasteiger partial charge on any atom is 0.307 e. The van der Waals surface area contributed by atoms with E-state index in [1.54, 1.807) is 6.07 Å². The van der Waals surface area contributed by atoms with Gasteiger partial charge < -0.3 is 4.42 Å². The molecule has 0 saturated heterocycles. The highest BCUT2D eigenvalue weighted by Gasteiger charge is 2.12. The molecular formula is C13H10ClN5O3. The van der Waals surface area contributed by atoms with Crippen molar-refractivity contribution in [1.29, 1.82) is 0 Å². The predicted molar refractivity (Wildman–Crippen MR) is 76.5 cm³/mol. The van der Waals surface area contributed by atoms with Crippen LogP contribution in [0.15, 0.2) is 41.1 Å². The van der Waals surface area contributed by atoms with Crippen LogP contribution in [0.3, 0.4) is 0 Å². The van der Waals surface area contributed by atoms with E-state index in [9.17, 15) is 10.1 Å². The van der Waals surface area contributed by atoms with Crippen molar-refractivity contribution in [3.05, 3.63) is 69.1 Å². The molecule has 2 aromatic heterocycles. The number of rotatable bonds is 5. The first kappa shape index (κ1) is 14.2. The Morgan fingerprint density at radius 2 is 2.14 bits per heavy atom. The highest BCUT2D eigenvalue weighted by molar-refractivity contribution is 6.30. The second kappa shape index (κ2) is 5.94. The molecule has 0 amide bonds. The van der Waals surface area contributed by atoms with Crippen LogP contribution in [-0.4, -0.2) is 24.9 Å². The average molecular weight is 320 g/mol. The quantitative estimate of drug-likeness (QED) is 0.529. The maximum absolute atomic E-state index is 10.6. The van der Waals surface area contributed by atoms with Gasteiger partial charge >= 0.3 is 5.69 Å². The van der Waals surface area contributed by atoms with Crippen LogP contribution in [0.1, 0.15) is 17.3 Å². The number of nitrogens with zero attached hydrogens (tertiary/aromatic N) is 5. The van der Waals surface area contributed by atoms with Gasteiger partial charge in [-0.3, -0.25) is 14.8 Å². The van der Waals surface area contributed by atoms with E-state index in [1.165, 1.54) is 17.1 Å². The molecule has 1 aromatic carbocycles. The van der Waals surface area contributed by atoms with Crippen molar-refractivity contribution < 1.29 is 9.34 Å². The van der Waals surface area contributed by atoms with Gasteiger partial charge in [0.2, 0.25) is 11.8 Å². The number of benzene rings is 1. The van der Waals surface area contributed by atoms with Crippen LogP contribution in [0.4, 0.5) is 5.69 Å². The minimum Gasteiger partial charge on any atom is -0.423 e. The Balaban J connectivity index is 1.69. The van der Waals surface area contributed by atoms with Gasteiger partial charge in [-0.2, -0.15) is 5.10 Å². The molecule has 8 nitrogen and oxygen atoms in total. The predicted octanol–water partition coefficient (Wildman–Crippen LogP) is 2.47. The lowest BCUT2D eigenvalue weighted by Gasteiger charge is -1.97. The Labute approximate surface area is 129 Å². The Morgan fingerprint density at radius 1 is 1.32 bits per heavy atom. The number of halogens is 1. The van der Waals surface area contributed by atoms with E-state index in [1.807, 2.05) is 18.2 Å². The molecule has 3 aromatic rings. The SMILES string of the molecule is O=[N+]([O-])c1cnn(Cc2nnc(Cc3cccc(Cl)c3)o2)c1. The first-order valence-electron chi connectivity index (χ1n) is 6.33. The van der Waals surface area contributed by atoms with Gasteiger partial charge in [0.25, 0.3) is 0 Å². The van der Waals surface area contributed by atoms with E-state index in [4.69, 9.17) is 16.0 Å². The third-order valence-electron chi connectivity index (χ3n) is 2.88. The molecule has 2 heterocycles. The second-order valence-electron chi connectivity index (χ2n) is 4.55. The fraction of sp³-hybridized carbons (Fsp3) is 0.154. The van der Waals surface area contributed by atoms with Gasteiger partial charge in [-0.05, 0) is 17.7 Å². The van der Waals surface area contributed by atoms with E-state index >= 15 is 0 Å². The summed E-state index contributed by atoms with van der Waals surface area (Å²) in [5, 5.41) is 22.9. The lowest BCUT2D eigenvalue weighted by atomic mass is 10.1. The fourth-order valence-electron chi connectivity index (χ4n) is 1.92. The highest BCUT2D eigenvalue weighted by atomic mass is 35.5. The monoisotopic (exact) mass is 319 g/mol. The van der Waals surface area contributed by atoms with Crippen LogP contribution < -0.4 is 0 Å². The lowest BCUT2D eigenvalue weighted by Crippen LogP contribution is -2.00. The molecule has 3 rings (SSSR count). The average Bonchev–Trinajstić information content (AvgIpc) is 3.09. The van der Waals surface area contributed by atoms with Gasteiger partial charge in [0, 0.05) is 5.02 Å². The van der Waals surface area contributed by atoms with Crippen LogP contribution in [0.2, 0.25) is 5.02 Å². The number of hydrogen-bond donors (Lipinski definition) is 0. The molecule has 22 heavy (non-hydrogen) atoms. The Kier molecular flexibility index (Phi) is 3.84. The van der Waals surface area contributed by atoms with Crippen molar-refractivity contribution in [2.75, 3.05) is 0 Å². The second-order valence-corrected chi connectivity index (χ2v) is 4.99. The Morgan fingerprint density at radius 3 is 2.86 bits per heavy atom. The summed E-state index contributed by atoms with van der Waals surface area (Å²) in [7, 11) is 0. The normalized spacial score (nSPS) is 10.8. The molecule has 112 valence electrons. The van der Waals surface area contributed by atoms with Crippen LogP contribution >= 0.6 is 11.6 Å². The molecule has 0 atom stereocenters. The maximum atomic E-state index is 10.6. The summed E-state index contributed by atoms with van der Waals surface area (Å²) in [4.78, 5) is 10.1. The lowest BCUT2D eigenvalue weighted by molar-refractivity contribution is -0.385. The largest absolute Gasteiger partial charge is 0.423 e. The van der Waals surface area contributed by atoms with Crippen molar-refractivity contribution in [1.82, 2.24) is 20.0 Å². The zero-order valence-corrected chi connectivity index (χ0v) is 12.0. The number of aromatic nitrogens is 4. The molecule has 0 aliphatic heterocycles. The molecule has 0 unspecified atom stereocenters. The van der Waals surface area contributed by atoms with Crippen LogP contribution in [0.5, 0.6) is 0 Å². The van der Waals surface area contributed by atoms with Crippen molar-refractivity contribution in [3.63, 3.8) is 0 Å². The summed E-state index contributed by atoms with van der Waals surface area (Å²) < 4.78 is 6.87. The van der Waals surface area contributed by atoms with E-state index in [2.05, 4.69) is 15.3 Å². The first-order valence-corrected chi connectivity index (χ1v) is 6.70. The van der Waals surface area contributed by atoms with E-state index in [0.29, 0.717) is 23.2 Å². The summed E-state index contributed by atoms with van der Waals surface area (Å²) in [6.07, 6.45) is 2.94. The topological polar surface area (TPSA) is 99.9 Å². The third-order valence-corrected chi connectivity index (χ3v) is 3.12. The minimum atomic E-state index is -0.512. The van der Waals surface area contributed by atoms with Crippen molar-refractivity contribution in [3.8, 4) is 0 Å². The molecule has 9 heteroatoms. The Bertz CT molecular complexity index is 813. The van der Waals surface area contributed by atoms with Crippen LogP contribution in [0, 0.1) is 10.1 Å². The highest BCUT2D eigenvalue weighted by Crippen LogP contribution is 2.15. The molecule has 0 aliphatic rings. The van der Waals surface area contributed by atoms with Crippen molar-refractivity contribution in [2.24, 2.45) is 0 Å². The zero-order chi connectivity index (χ0) is 15.5. The number of nitro groups is 1. The minimum absolute atomic E-state index is 0.0846. The molecule has 0 N–H and O–H groups in total. The first-order chi connectivity index (χ1) is 10.6. The fourth-order valence-corrected chi connectivity index (χ4v) is 2.13. The van der Waals surface area contributed by atoms with E-state index in [-0.39, 0.29) is 12.2 Å². The van der Waals surface area contributed by atoms with Gasteiger partial charge in [-0.1, -0.05) is 23.7 Å². The molecule has 0 spiro atoms. The Hall–Kier alpha value is -2.74. The summed E-state index contributed by atoms with van der Waals surface area (Å²) in [5.74, 6) is 0.772. The van der Waals surface area contributed by atoms with Gasteiger partial charge in [0.15, 0.2) is 0 Å². The molecule has 0 bridgehead atoms. The summed E-state index contributed by atoms with van der Waals surface area (Å²) in [6, 6.07) is 7.36. The molecule has 0 fully saturated rings. The van der Waals surface area contributed by atoms with E-state index < -0.39 is 4.92 Å². The van der Waals surface area contributed by atoms with Gasteiger partial charge in [-0.15, -0.1) is 10.2 Å². The molecular weight excluding hydrogens is 310 g/mol. The van der Waals surface area contributed by atoms with Gasteiger partial charge in [-0.25, -0.2) is 0 Å². The molecule has 0 aliphatic carbocycles. The summed E-state index contributed by atoms with van der Waals surface area (Å²) >= 11 is 5.92. The molecule has 0 radical (unpaired) electrons. The van der Waals surface area contributed by atoms with Crippen molar-refractivity contribution >= 4 is 17.3 Å². The van der Waals surface area contributed by atoms with Gasteiger partial charge in [0.1, 0.15) is 18.9 Å².